The highest BCUT2D eigenvalue weighted by Crippen LogP contribution is 2.35. The van der Waals surface area contributed by atoms with E-state index >= 15 is 0 Å². The summed E-state index contributed by atoms with van der Waals surface area (Å²) in [7, 11) is 0. The van der Waals surface area contributed by atoms with E-state index in [1.807, 2.05) is 30.3 Å². The van der Waals surface area contributed by atoms with Gasteiger partial charge < -0.3 is 9.84 Å². The van der Waals surface area contributed by atoms with Crippen LogP contribution >= 0.6 is 23.2 Å². The maximum Gasteiger partial charge on any atom is 0.178 e. The topological polar surface area (TPSA) is 29.5 Å². The van der Waals surface area contributed by atoms with Crippen LogP contribution in [0.1, 0.15) is 16.7 Å². The van der Waals surface area contributed by atoms with E-state index in [0.717, 1.165) is 5.56 Å². The first kappa shape index (κ1) is 18.4. The van der Waals surface area contributed by atoms with Gasteiger partial charge in [-0.3, -0.25) is 0 Å². The number of hydrogen-bond acceptors (Lipinski definition) is 2. The van der Waals surface area contributed by atoms with Crippen molar-refractivity contribution < 1.29 is 9.84 Å². The molecule has 3 rings (SSSR count). The summed E-state index contributed by atoms with van der Waals surface area (Å²) in [5.74, 6) is 3.12. The molecule has 3 aromatic carbocycles. The van der Waals surface area contributed by atoms with E-state index in [9.17, 15) is 5.11 Å². The van der Waals surface area contributed by atoms with E-state index in [0.29, 0.717) is 33.5 Å². The van der Waals surface area contributed by atoms with Crippen molar-refractivity contribution in [3.63, 3.8) is 0 Å². The van der Waals surface area contributed by atoms with E-state index in [4.69, 9.17) is 34.4 Å². The second kappa shape index (κ2) is 7.85. The highest BCUT2D eigenvalue weighted by molar-refractivity contribution is 6.35. The summed E-state index contributed by atoms with van der Waals surface area (Å²) in [6.45, 7) is 0.461. The van der Waals surface area contributed by atoms with Gasteiger partial charge in [0, 0.05) is 21.2 Å². The molecule has 26 heavy (non-hydrogen) atoms. The predicted octanol–water partition coefficient (Wildman–Crippen LogP) is 5.44. The molecule has 2 nitrogen and oxygen atoms in total. The molecule has 0 bridgehead atoms. The number of halogens is 2. The van der Waals surface area contributed by atoms with Crippen LogP contribution in [0.3, 0.4) is 0 Å². The first-order chi connectivity index (χ1) is 12.5. The average molecular weight is 383 g/mol. The number of terminal acetylenes is 1. The zero-order valence-electron chi connectivity index (χ0n) is 13.8. The lowest BCUT2D eigenvalue weighted by Gasteiger charge is -2.24. The Balaban J connectivity index is 1.82. The Morgan fingerprint density at radius 1 is 0.962 bits per heavy atom. The minimum atomic E-state index is -1.65. The van der Waals surface area contributed by atoms with Crippen molar-refractivity contribution in [2.75, 3.05) is 0 Å². The summed E-state index contributed by atoms with van der Waals surface area (Å²) in [6.07, 6.45) is 5.63. The van der Waals surface area contributed by atoms with Gasteiger partial charge in [-0.2, -0.15) is 0 Å². The second-order valence-electron chi connectivity index (χ2n) is 5.78. The van der Waals surface area contributed by atoms with Crippen LogP contribution in [-0.2, 0) is 12.2 Å². The molecule has 0 amide bonds. The Kier molecular flexibility index (Phi) is 5.54. The summed E-state index contributed by atoms with van der Waals surface area (Å²) in [5, 5.41) is 11.8. The molecule has 3 aromatic rings. The van der Waals surface area contributed by atoms with Gasteiger partial charge in [-0.15, -0.1) is 6.42 Å². The van der Waals surface area contributed by atoms with Crippen molar-refractivity contribution in [2.45, 2.75) is 12.2 Å². The molecule has 1 atom stereocenters. The minimum absolute atomic E-state index is 0.308. The maximum atomic E-state index is 11.0. The van der Waals surface area contributed by atoms with Gasteiger partial charge in [0.15, 0.2) is 5.60 Å². The molecule has 0 radical (unpaired) electrons. The monoisotopic (exact) mass is 382 g/mol. The van der Waals surface area contributed by atoms with Crippen LogP contribution < -0.4 is 4.74 Å². The molecule has 0 heterocycles. The van der Waals surface area contributed by atoms with Crippen molar-refractivity contribution in [1.82, 2.24) is 0 Å². The summed E-state index contributed by atoms with van der Waals surface area (Å²) in [4.78, 5) is 0. The average Bonchev–Trinajstić information content (AvgIpc) is 2.67. The Morgan fingerprint density at radius 2 is 1.65 bits per heavy atom. The van der Waals surface area contributed by atoms with Gasteiger partial charge in [0.05, 0.1) is 0 Å². The molecule has 1 unspecified atom stereocenters. The molecule has 0 spiro atoms. The number of ether oxygens (including phenoxy) is 1. The first-order valence-electron chi connectivity index (χ1n) is 7.96. The molecule has 0 saturated carbocycles. The summed E-state index contributed by atoms with van der Waals surface area (Å²) >= 11 is 12.2. The normalized spacial score (nSPS) is 12.8. The Morgan fingerprint density at radius 3 is 2.27 bits per heavy atom. The number of aliphatic hydroxyl groups is 1. The highest BCUT2D eigenvalue weighted by atomic mass is 35.5. The molecule has 0 aliphatic heterocycles. The van der Waals surface area contributed by atoms with E-state index in [1.54, 1.807) is 42.5 Å². The fraction of sp³-hybridized carbons (Fsp3) is 0.0909. The van der Waals surface area contributed by atoms with Gasteiger partial charge in [-0.25, -0.2) is 0 Å². The minimum Gasteiger partial charge on any atom is -0.489 e. The lowest BCUT2D eigenvalue weighted by molar-refractivity contribution is 0.145. The highest BCUT2D eigenvalue weighted by Gasteiger charge is 2.31. The van der Waals surface area contributed by atoms with Gasteiger partial charge in [0.25, 0.3) is 0 Å². The molecular formula is C22H16Cl2O2. The molecule has 130 valence electrons. The third kappa shape index (κ3) is 3.86. The van der Waals surface area contributed by atoms with Crippen molar-refractivity contribution in [2.24, 2.45) is 0 Å². The molecule has 0 aromatic heterocycles. The van der Waals surface area contributed by atoms with E-state index in [2.05, 4.69) is 5.92 Å². The van der Waals surface area contributed by atoms with E-state index in [1.165, 1.54) is 0 Å². The summed E-state index contributed by atoms with van der Waals surface area (Å²) in [5.41, 5.74) is 0.351. The molecular weight excluding hydrogens is 367 g/mol. The predicted molar refractivity (Wildman–Crippen MR) is 106 cm³/mol. The lowest BCUT2D eigenvalue weighted by Crippen LogP contribution is -2.25. The van der Waals surface area contributed by atoms with Crippen LogP contribution in [0.4, 0.5) is 0 Å². The molecule has 1 N–H and O–H groups in total. The standard InChI is InChI=1S/C22H16Cl2O2/c1-2-22(25,20-13-10-18(23)14-21(20)24)17-8-11-19(12-9-17)26-15-16-6-4-3-5-7-16/h1,3-14,25H,15H2. The Hall–Kier alpha value is -2.44. The summed E-state index contributed by atoms with van der Waals surface area (Å²) < 4.78 is 5.76. The fourth-order valence-electron chi connectivity index (χ4n) is 2.63. The number of rotatable bonds is 5. The molecule has 0 saturated heterocycles. The van der Waals surface area contributed by atoms with Crippen LogP contribution in [0, 0.1) is 12.3 Å². The third-order valence-corrected chi connectivity index (χ3v) is 4.60. The van der Waals surface area contributed by atoms with E-state index in [-0.39, 0.29) is 0 Å². The molecule has 4 heteroatoms. The van der Waals surface area contributed by atoms with Crippen LogP contribution in [0.5, 0.6) is 5.75 Å². The van der Waals surface area contributed by atoms with Crippen LogP contribution in [0.25, 0.3) is 0 Å². The molecule has 0 aliphatic rings. The van der Waals surface area contributed by atoms with Crippen molar-refractivity contribution in [1.29, 1.82) is 0 Å². The first-order valence-corrected chi connectivity index (χ1v) is 8.71. The van der Waals surface area contributed by atoms with Crippen LogP contribution in [-0.4, -0.2) is 5.11 Å². The Labute approximate surface area is 163 Å². The van der Waals surface area contributed by atoms with Gasteiger partial charge in [0.1, 0.15) is 12.4 Å². The van der Waals surface area contributed by atoms with Crippen LogP contribution in [0.15, 0.2) is 72.8 Å². The molecule has 0 fully saturated rings. The van der Waals surface area contributed by atoms with Crippen molar-refractivity contribution in [3.8, 4) is 18.1 Å². The van der Waals surface area contributed by atoms with E-state index < -0.39 is 5.60 Å². The van der Waals surface area contributed by atoms with Gasteiger partial charge in [-0.05, 0) is 29.8 Å². The smallest absolute Gasteiger partial charge is 0.178 e. The number of hydrogen-bond donors (Lipinski definition) is 1. The lowest BCUT2D eigenvalue weighted by atomic mass is 9.87. The Bertz CT molecular complexity index is 931. The zero-order chi connectivity index (χ0) is 18.6. The maximum absolute atomic E-state index is 11.0. The second-order valence-corrected chi connectivity index (χ2v) is 6.62. The third-order valence-electron chi connectivity index (χ3n) is 4.05. The van der Waals surface area contributed by atoms with Crippen LogP contribution in [0.2, 0.25) is 10.0 Å². The van der Waals surface area contributed by atoms with Crippen molar-refractivity contribution >= 4 is 23.2 Å². The number of benzene rings is 3. The van der Waals surface area contributed by atoms with Gasteiger partial charge >= 0.3 is 0 Å². The van der Waals surface area contributed by atoms with Gasteiger partial charge in [-0.1, -0.05) is 77.7 Å². The summed E-state index contributed by atoms with van der Waals surface area (Å²) in [6, 6.07) is 21.7. The molecule has 0 aliphatic carbocycles. The van der Waals surface area contributed by atoms with Gasteiger partial charge in [0.2, 0.25) is 0 Å². The fourth-order valence-corrected chi connectivity index (χ4v) is 3.18. The van der Waals surface area contributed by atoms with Crippen molar-refractivity contribution in [3.05, 3.63) is 99.5 Å². The quantitative estimate of drug-likeness (QED) is 0.595. The SMILES string of the molecule is C#CC(O)(c1ccc(OCc2ccccc2)cc1)c1ccc(Cl)cc1Cl. The largest absolute Gasteiger partial charge is 0.489 e. The zero-order valence-corrected chi connectivity index (χ0v) is 15.3.